The number of carbonyl (C=O) groups is 1. The fraction of sp³-hybridized carbons (Fsp3) is 0.0833. The molecule has 17 heavy (non-hydrogen) atoms. The Balaban J connectivity index is 1.82. The fourth-order valence-electron chi connectivity index (χ4n) is 1.29. The lowest BCUT2D eigenvalue weighted by atomic mass is 10.2. The second-order valence-corrected chi connectivity index (χ2v) is 3.41. The van der Waals surface area contributed by atoms with Gasteiger partial charge >= 0.3 is 6.03 Å². The molecule has 2 rings (SSSR count). The van der Waals surface area contributed by atoms with Gasteiger partial charge in [-0.1, -0.05) is 12.1 Å². The molecular formula is C12H11FN2O2. The summed E-state index contributed by atoms with van der Waals surface area (Å²) in [6.07, 6.45) is 1.47. The Bertz CT molecular complexity index is 480. The minimum absolute atomic E-state index is 0.297. The van der Waals surface area contributed by atoms with Gasteiger partial charge in [-0.05, 0) is 23.8 Å². The molecule has 5 heteroatoms. The first-order valence-electron chi connectivity index (χ1n) is 5.07. The van der Waals surface area contributed by atoms with Crippen LogP contribution in [0.4, 0.5) is 15.1 Å². The second-order valence-electron chi connectivity index (χ2n) is 3.41. The molecule has 1 aromatic heterocycles. The number of benzene rings is 1. The molecule has 1 heterocycles. The second kappa shape index (κ2) is 5.16. The van der Waals surface area contributed by atoms with Crippen LogP contribution >= 0.6 is 0 Å². The largest absolute Gasteiger partial charge is 0.449 e. The summed E-state index contributed by atoms with van der Waals surface area (Å²) < 4.78 is 17.6. The molecule has 0 unspecified atom stereocenters. The summed E-state index contributed by atoms with van der Waals surface area (Å²) >= 11 is 0. The van der Waals surface area contributed by atoms with E-state index in [1.54, 1.807) is 24.3 Å². The van der Waals surface area contributed by atoms with Crippen LogP contribution in [0.3, 0.4) is 0 Å². The molecule has 0 saturated heterocycles. The smallest absolute Gasteiger partial charge is 0.321 e. The number of halogens is 1. The molecule has 0 saturated carbocycles. The van der Waals surface area contributed by atoms with Crippen LogP contribution in [0.15, 0.2) is 47.1 Å². The zero-order valence-corrected chi connectivity index (χ0v) is 8.94. The Hall–Kier alpha value is -2.30. The van der Waals surface area contributed by atoms with Crippen LogP contribution in [0.5, 0.6) is 0 Å². The first-order chi connectivity index (χ1) is 8.24. The average molecular weight is 234 g/mol. The van der Waals surface area contributed by atoms with Crippen LogP contribution in [0, 0.1) is 5.82 Å². The quantitative estimate of drug-likeness (QED) is 0.857. The fourth-order valence-corrected chi connectivity index (χ4v) is 1.29. The van der Waals surface area contributed by atoms with Crippen molar-refractivity contribution in [2.24, 2.45) is 0 Å². The highest BCUT2D eigenvalue weighted by molar-refractivity contribution is 5.87. The SMILES string of the molecule is O=C(NCc1ccc(F)cc1)Nc1ccco1. The van der Waals surface area contributed by atoms with Gasteiger partial charge in [0.05, 0.1) is 6.26 Å². The predicted molar refractivity (Wildman–Crippen MR) is 61.0 cm³/mol. The van der Waals surface area contributed by atoms with Gasteiger partial charge in [0.25, 0.3) is 0 Å². The molecule has 2 N–H and O–H groups in total. The zero-order chi connectivity index (χ0) is 12.1. The third-order valence-corrected chi connectivity index (χ3v) is 2.12. The molecule has 0 spiro atoms. The highest BCUT2D eigenvalue weighted by Crippen LogP contribution is 2.06. The predicted octanol–water partition coefficient (Wildman–Crippen LogP) is 2.74. The number of furan rings is 1. The van der Waals surface area contributed by atoms with Gasteiger partial charge in [0, 0.05) is 12.6 Å². The van der Waals surface area contributed by atoms with E-state index >= 15 is 0 Å². The number of amides is 2. The Morgan fingerprint density at radius 3 is 2.65 bits per heavy atom. The Morgan fingerprint density at radius 1 is 1.24 bits per heavy atom. The highest BCUT2D eigenvalue weighted by atomic mass is 19.1. The number of anilines is 1. The molecule has 0 aliphatic heterocycles. The first kappa shape index (κ1) is 11.2. The Labute approximate surface area is 97.4 Å². The maximum absolute atomic E-state index is 12.6. The monoisotopic (exact) mass is 234 g/mol. The van der Waals surface area contributed by atoms with E-state index in [0.29, 0.717) is 12.4 Å². The average Bonchev–Trinajstić information content (AvgIpc) is 2.81. The molecule has 2 amide bonds. The minimum Gasteiger partial charge on any atom is -0.449 e. The van der Waals surface area contributed by atoms with Crippen LogP contribution in [-0.4, -0.2) is 6.03 Å². The Morgan fingerprint density at radius 2 is 2.00 bits per heavy atom. The van der Waals surface area contributed by atoms with Crippen molar-refractivity contribution in [1.29, 1.82) is 0 Å². The third-order valence-electron chi connectivity index (χ3n) is 2.12. The normalized spacial score (nSPS) is 9.94. The molecule has 0 aliphatic rings. The number of rotatable bonds is 3. The zero-order valence-electron chi connectivity index (χ0n) is 8.94. The van der Waals surface area contributed by atoms with Crippen LogP contribution in [0.25, 0.3) is 0 Å². The van der Waals surface area contributed by atoms with Crippen molar-refractivity contribution >= 4 is 11.9 Å². The standard InChI is InChI=1S/C12H11FN2O2/c13-10-5-3-9(4-6-10)8-14-12(16)15-11-2-1-7-17-11/h1-7H,8H2,(H2,14,15,16). The van der Waals surface area contributed by atoms with E-state index in [1.165, 1.54) is 18.4 Å². The summed E-state index contributed by atoms with van der Waals surface area (Å²) in [5, 5.41) is 5.14. The lowest BCUT2D eigenvalue weighted by molar-refractivity contribution is 0.251. The molecule has 2 aromatic rings. The molecule has 0 radical (unpaired) electrons. The molecular weight excluding hydrogens is 223 g/mol. The van der Waals surface area contributed by atoms with Crippen LogP contribution in [0.1, 0.15) is 5.56 Å². The Kier molecular flexibility index (Phi) is 3.40. The van der Waals surface area contributed by atoms with E-state index in [4.69, 9.17) is 4.42 Å². The van der Waals surface area contributed by atoms with Crippen LogP contribution < -0.4 is 10.6 Å². The maximum atomic E-state index is 12.6. The minimum atomic E-state index is -0.371. The van der Waals surface area contributed by atoms with E-state index < -0.39 is 0 Å². The van der Waals surface area contributed by atoms with Crippen molar-refractivity contribution in [3.63, 3.8) is 0 Å². The number of carbonyl (C=O) groups excluding carboxylic acids is 1. The number of hydrogen-bond acceptors (Lipinski definition) is 2. The van der Waals surface area contributed by atoms with Crippen molar-refractivity contribution < 1.29 is 13.6 Å². The summed E-state index contributed by atoms with van der Waals surface area (Å²) in [4.78, 5) is 11.4. The van der Waals surface area contributed by atoms with Crippen LogP contribution in [-0.2, 0) is 6.54 Å². The lowest BCUT2D eigenvalue weighted by Gasteiger charge is -2.05. The molecule has 0 aliphatic carbocycles. The number of hydrogen-bond donors (Lipinski definition) is 2. The summed E-state index contributed by atoms with van der Waals surface area (Å²) in [7, 11) is 0. The van der Waals surface area contributed by atoms with Crippen molar-refractivity contribution in [2.45, 2.75) is 6.54 Å². The van der Waals surface area contributed by atoms with Gasteiger partial charge in [0.1, 0.15) is 5.82 Å². The molecule has 1 aromatic carbocycles. The van der Waals surface area contributed by atoms with Crippen molar-refractivity contribution in [1.82, 2.24) is 5.32 Å². The van der Waals surface area contributed by atoms with E-state index in [9.17, 15) is 9.18 Å². The molecule has 0 bridgehead atoms. The van der Waals surface area contributed by atoms with Gasteiger partial charge in [0.15, 0.2) is 0 Å². The molecule has 0 atom stereocenters. The molecule has 0 fully saturated rings. The summed E-state index contributed by atoms with van der Waals surface area (Å²) in [6, 6.07) is 8.87. The van der Waals surface area contributed by atoms with Gasteiger partial charge < -0.3 is 9.73 Å². The molecule has 88 valence electrons. The summed E-state index contributed by atoms with van der Waals surface area (Å²) in [6.45, 7) is 0.326. The summed E-state index contributed by atoms with van der Waals surface area (Å²) in [5.41, 5.74) is 0.820. The van der Waals surface area contributed by atoms with E-state index in [-0.39, 0.29) is 11.8 Å². The number of urea groups is 1. The first-order valence-corrected chi connectivity index (χ1v) is 5.07. The van der Waals surface area contributed by atoms with E-state index in [1.807, 2.05) is 0 Å². The van der Waals surface area contributed by atoms with Gasteiger partial charge in [-0.3, -0.25) is 5.32 Å². The van der Waals surface area contributed by atoms with Gasteiger partial charge in [0.2, 0.25) is 5.88 Å². The van der Waals surface area contributed by atoms with Gasteiger partial charge in [-0.25, -0.2) is 9.18 Å². The highest BCUT2D eigenvalue weighted by Gasteiger charge is 2.02. The van der Waals surface area contributed by atoms with Crippen LogP contribution in [0.2, 0.25) is 0 Å². The van der Waals surface area contributed by atoms with Gasteiger partial charge in [-0.2, -0.15) is 0 Å². The summed E-state index contributed by atoms with van der Waals surface area (Å²) in [5.74, 6) is 0.0791. The topological polar surface area (TPSA) is 54.3 Å². The number of nitrogens with one attached hydrogen (secondary N) is 2. The van der Waals surface area contributed by atoms with Crippen molar-refractivity contribution in [3.05, 3.63) is 54.0 Å². The van der Waals surface area contributed by atoms with E-state index in [2.05, 4.69) is 10.6 Å². The maximum Gasteiger partial charge on any atom is 0.321 e. The van der Waals surface area contributed by atoms with Crippen molar-refractivity contribution in [3.8, 4) is 0 Å². The van der Waals surface area contributed by atoms with E-state index in [0.717, 1.165) is 5.56 Å². The molecule has 4 nitrogen and oxygen atoms in total. The third kappa shape index (κ3) is 3.34. The van der Waals surface area contributed by atoms with Gasteiger partial charge in [-0.15, -0.1) is 0 Å². The lowest BCUT2D eigenvalue weighted by Crippen LogP contribution is -2.27. The van der Waals surface area contributed by atoms with Crippen molar-refractivity contribution in [2.75, 3.05) is 5.32 Å².